The van der Waals surface area contributed by atoms with Crippen LogP contribution in [0.3, 0.4) is 0 Å². The van der Waals surface area contributed by atoms with Crippen LogP contribution in [-0.4, -0.2) is 16.1 Å². The Morgan fingerprint density at radius 2 is 1.95 bits per heavy atom. The minimum absolute atomic E-state index is 0.0500. The highest BCUT2D eigenvalue weighted by Gasteiger charge is 2.27. The first-order valence-corrected chi connectivity index (χ1v) is 6.97. The number of aryl methyl sites for hydroxylation is 1. The average molecular weight is 275 g/mol. The Balaban J connectivity index is 2.39. The molecule has 0 radical (unpaired) electrons. The van der Waals surface area contributed by atoms with Gasteiger partial charge in [0, 0.05) is 10.3 Å². The molecule has 0 saturated heterocycles. The van der Waals surface area contributed by atoms with Crippen molar-refractivity contribution in [2.75, 3.05) is 0 Å². The lowest BCUT2D eigenvalue weighted by atomic mass is 9.85. The Labute approximate surface area is 116 Å². The van der Waals surface area contributed by atoms with E-state index in [1.165, 1.54) is 16.9 Å². The lowest BCUT2D eigenvalue weighted by Crippen LogP contribution is -2.18. The van der Waals surface area contributed by atoms with E-state index in [1.807, 2.05) is 25.1 Å². The summed E-state index contributed by atoms with van der Waals surface area (Å²) in [6.07, 6.45) is 0.0500. The lowest BCUT2D eigenvalue weighted by molar-refractivity contribution is -0.136. The summed E-state index contributed by atoms with van der Waals surface area (Å²) in [5, 5.41) is 9.86. The van der Waals surface area contributed by atoms with Crippen molar-refractivity contribution in [1.82, 2.24) is 4.98 Å². The van der Waals surface area contributed by atoms with Gasteiger partial charge in [-0.15, -0.1) is 11.3 Å². The number of hydrogen-bond donors (Lipinski definition) is 1. The van der Waals surface area contributed by atoms with E-state index in [2.05, 4.69) is 31.0 Å². The predicted molar refractivity (Wildman–Crippen MR) is 76.8 cm³/mol. The first-order chi connectivity index (χ1) is 8.91. The molecule has 1 aromatic heterocycles. The Bertz CT molecular complexity index is 587. The predicted octanol–water partition coefficient (Wildman–Crippen LogP) is 3.40. The number of nitrogens with zero attached hydrogens (tertiary/aromatic N) is 1. The van der Waals surface area contributed by atoms with E-state index in [0.29, 0.717) is 0 Å². The molecule has 0 unspecified atom stereocenters. The van der Waals surface area contributed by atoms with Gasteiger partial charge in [0.05, 0.1) is 12.1 Å². The Morgan fingerprint density at radius 1 is 1.32 bits per heavy atom. The monoisotopic (exact) mass is 275 g/mol. The van der Waals surface area contributed by atoms with Crippen LogP contribution in [0, 0.1) is 6.92 Å². The number of rotatable bonds is 4. The summed E-state index contributed by atoms with van der Waals surface area (Å²) in [5.74, 6) is -0.809. The van der Waals surface area contributed by atoms with Crippen molar-refractivity contribution in [2.45, 2.75) is 32.6 Å². The Kier molecular flexibility index (Phi) is 3.71. The van der Waals surface area contributed by atoms with Crippen LogP contribution < -0.4 is 0 Å². The second-order valence-corrected chi connectivity index (χ2v) is 6.17. The summed E-state index contributed by atoms with van der Waals surface area (Å²) < 4.78 is 0. The Morgan fingerprint density at radius 3 is 2.53 bits per heavy atom. The van der Waals surface area contributed by atoms with E-state index in [1.54, 1.807) is 0 Å². The quantitative estimate of drug-likeness (QED) is 0.930. The highest BCUT2D eigenvalue weighted by molar-refractivity contribution is 7.12. The van der Waals surface area contributed by atoms with Gasteiger partial charge < -0.3 is 5.11 Å². The fourth-order valence-corrected chi connectivity index (χ4v) is 3.15. The van der Waals surface area contributed by atoms with Crippen LogP contribution in [0.4, 0.5) is 0 Å². The molecule has 0 aliphatic carbocycles. The molecule has 0 aliphatic rings. The van der Waals surface area contributed by atoms with Gasteiger partial charge in [0.1, 0.15) is 5.01 Å². The van der Waals surface area contributed by atoms with Gasteiger partial charge in [-0.1, -0.05) is 30.3 Å². The van der Waals surface area contributed by atoms with Gasteiger partial charge in [-0.2, -0.15) is 0 Å². The smallest absolute Gasteiger partial charge is 0.308 e. The van der Waals surface area contributed by atoms with Crippen LogP contribution in [0.5, 0.6) is 0 Å². The zero-order chi connectivity index (χ0) is 14.0. The molecule has 0 atom stereocenters. The maximum Gasteiger partial charge on any atom is 0.308 e. The number of aliphatic carboxylic acids is 1. The molecule has 4 heteroatoms. The maximum absolute atomic E-state index is 10.8. The molecule has 0 aliphatic heterocycles. The summed E-state index contributed by atoms with van der Waals surface area (Å²) in [6.45, 7) is 6.11. The van der Waals surface area contributed by atoms with Gasteiger partial charge in [0.25, 0.3) is 0 Å². The minimum atomic E-state index is -0.809. The van der Waals surface area contributed by atoms with Crippen molar-refractivity contribution < 1.29 is 9.90 Å². The third-order valence-corrected chi connectivity index (χ3v) is 4.72. The highest BCUT2D eigenvalue weighted by atomic mass is 32.1. The maximum atomic E-state index is 10.8. The van der Waals surface area contributed by atoms with E-state index in [-0.39, 0.29) is 11.8 Å². The molecule has 2 aromatic rings. The van der Waals surface area contributed by atoms with Gasteiger partial charge in [0.15, 0.2) is 0 Å². The van der Waals surface area contributed by atoms with E-state index >= 15 is 0 Å². The fraction of sp³-hybridized carbons (Fsp3) is 0.333. The molecule has 0 spiro atoms. The van der Waals surface area contributed by atoms with Crippen molar-refractivity contribution in [3.63, 3.8) is 0 Å². The molecule has 1 heterocycles. The number of carboxylic acids is 1. The molecule has 0 fully saturated rings. The Hall–Kier alpha value is -1.68. The van der Waals surface area contributed by atoms with Crippen LogP contribution in [0.15, 0.2) is 30.3 Å². The summed E-state index contributed by atoms with van der Waals surface area (Å²) >= 11 is 1.50. The average Bonchev–Trinajstić information content (AvgIpc) is 2.72. The van der Waals surface area contributed by atoms with Gasteiger partial charge in [-0.25, -0.2) is 4.98 Å². The first kappa shape index (κ1) is 13.7. The normalized spacial score (nSPS) is 11.5. The summed E-state index contributed by atoms with van der Waals surface area (Å²) in [4.78, 5) is 16.2. The fourth-order valence-electron chi connectivity index (χ4n) is 1.98. The molecular weight excluding hydrogens is 258 g/mol. The third kappa shape index (κ3) is 2.84. The molecule has 0 amide bonds. The van der Waals surface area contributed by atoms with Crippen LogP contribution in [0.25, 0.3) is 0 Å². The second kappa shape index (κ2) is 5.13. The molecule has 0 saturated carbocycles. The number of hydrogen-bond acceptors (Lipinski definition) is 3. The van der Waals surface area contributed by atoms with Crippen molar-refractivity contribution in [3.05, 3.63) is 51.5 Å². The molecule has 2 rings (SSSR count). The minimum Gasteiger partial charge on any atom is -0.481 e. The van der Waals surface area contributed by atoms with Crippen LogP contribution in [0.1, 0.15) is 35.0 Å². The number of carboxylic acid groups (broad SMARTS) is 1. The molecule has 100 valence electrons. The lowest BCUT2D eigenvalue weighted by Gasteiger charge is -2.22. The molecule has 0 bridgehead atoms. The molecule has 3 nitrogen and oxygen atoms in total. The van der Waals surface area contributed by atoms with E-state index in [9.17, 15) is 4.79 Å². The van der Waals surface area contributed by atoms with Gasteiger partial charge in [-0.3, -0.25) is 4.79 Å². The van der Waals surface area contributed by atoms with Crippen LogP contribution in [0.2, 0.25) is 0 Å². The number of thiazole rings is 1. The van der Waals surface area contributed by atoms with Gasteiger partial charge in [-0.05, 0) is 26.3 Å². The zero-order valence-electron chi connectivity index (χ0n) is 11.3. The van der Waals surface area contributed by atoms with Gasteiger partial charge >= 0.3 is 5.97 Å². The second-order valence-electron chi connectivity index (χ2n) is 5.09. The molecular formula is C15H17NO2S. The molecule has 1 aromatic carbocycles. The van der Waals surface area contributed by atoms with Crippen LogP contribution in [-0.2, 0) is 16.6 Å². The number of benzene rings is 1. The zero-order valence-corrected chi connectivity index (χ0v) is 12.1. The molecule has 1 N–H and O–H groups in total. The SMILES string of the molecule is Cc1nc(C(C)(C)c2ccccc2)sc1CC(=O)O. The van der Waals surface area contributed by atoms with Crippen molar-refractivity contribution in [1.29, 1.82) is 0 Å². The number of carbonyl (C=O) groups is 1. The van der Waals surface area contributed by atoms with Crippen molar-refractivity contribution in [3.8, 4) is 0 Å². The summed E-state index contributed by atoms with van der Waals surface area (Å²) in [6, 6.07) is 10.2. The standard InChI is InChI=1S/C15H17NO2S/c1-10-12(9-13(17)18)19-14(16-10)15(2,3)11-7-5-4-6-8-11/h4-8H,9H2,1-3H3,(H,17,18). The van der Waals surface area contributed by atoms with Crippen LogP contribution >= 0.6 is 11.3 Å². The first-order valence-electron chi connectivity index (χ1n) is 6.15. The van der Waals surface area contributed by atoms with E-state index < -0.39 is 5.97 Å². The topological polar surface area (TPSA) is 50.2 Å². The van der Waals surface area contributed by atoms with E-state index in [0.717, 1.165) is 15.6 Å². The van der Waals surface area contributed by atoms with Crippen molar-refractivity contribution >= 4 is 17.3 Å². The largest absolute Gasteiger partial charge is 0.481 e. The highest BCUT2D eigenvalue weighted by Crippen LogP contribution is 2.35. The van der Waals surface area contributed by atoms with Gasteiger partial charge in [0.2, 0.25) is 0 Å². The van der Waals surface area contributed by atoms with E-state index in [4.69, 9.17) is 5.11 Å². The summed E-state index contributed by atoms with van der Waals surface area (Å²) in [7, 11) is 0. The third-order valence-electron chi connectivity index (χ3n) is 3.23. The summed E-state index contributed by atoms with van der Waals surface area (Å²) in [5.41, 5.74) is 1.81. The number of aromatic nitrogens is 1. The van der Waals surface area contributed by atoms with Crippen molar-refractivity contribution in [2.24, 2.45) is 0 Å². The molecule has 19 heavy (non-hydrogen) atoms.